The quantitative estimate of drug-likeness (QED) is 0.677. The Hall–Kier alpha value is -0.600. The lowest BCUT2D eigenvalue weighted by molar-refractivity contribution is 0.390. The lowest BCUT2D eigenvalue weighted by Gasteiger charge is -2.19. The Morgan fingerprint density at radius 3 is 2.36 bits per heavy atom. The largest absolute Gasteiger partial charge is 0.227 e. The average molecular weight is 214 g/mol. The van der Waals surface area contributed by atoms with E-state index >= 15 is 0 Å². The first-order valence-electron chi connectivity index (χ1n) is 5.00. The molecule has 0 spiro atoms. The van der Waals surface area contributed by atoms with E-state index in [1.165, 1.54) is 0 Å². The molecule has 0 aliphatic heterocycles. The molecule has 0 radical (unpaired) electrons. The van der Waals surface area contributed by atoms with Gasteiger partial charge in [-0.05, 0) is 31.6 Å². The van der Waals surface area contributed by atoms with Crippen LogP contribution in [0, 0.1) is 17.2 Å². The fourth-order valence-corrected chi connectivity index (χ4v) is 3.00. The predicted molar refractivity (Wildman–Crippen MR) is 51.9 cm³/mol. The van der Waals surface area contributed by atoms with Crippen molar-refractivity contribution < 1.29 is 8.42 Å². The zero-order valence-corrected chi connectivity index (χ0v) is 8.83. The van der Waals surface area contributed by atoms with E-state index in [4.69, 9.17) is 5.26 Å². The summed E-state index contributed by atoms with van der Waals surface area (Å²) < 4.78 is 24.9. The standard InChI is InChI=1S/C9H14N2O2S/c10-5-6-14(12,13)11(9-3-4-9)7-8-1-2-8/h8-9H,1-4,6-7H2. The van der Waals surface area contributed by atoms with Crippen molar-refractivity contribution in [1.29, 1.82) is 5.26 Å². The maximum absolute atomic E-state index is 11.7. The molecule has 0 bridgehead atoms. The Labute approximate surface area is 84.6 Å². The van der Waals surface area contributed by atoms with Gasteiger partial charge in [0.05, 0.1) is 6.07 Å². The van der Waals surface area contributed by atoms with Crippen molar-refractivity contribution >= 4 is 10.0 Å². The first-order chi connectivity index (χ1) is 6.63. The molecule has 5 heteroatoms. The van der Waals surface area contributed by atoms with Gasteiger partial charge in [0.1, 0.15) is 0 Å². The van der Waals surface area contributed by atoms with Crippen LogP contribution in [-0.2, 0) is 10.0 Å². The number of hydrogen-bond acceptors (Lipinski definition) is 3. The lowest BCUT2D eigenvalue weighted by Crippen LogP contribution is -2.36. The van der Waals surface area contributed by atoms with Crippen molar-refractivity contribution in [3.8, 4) is 6.07 Å². The van der Waals surface area contributed by atoms with Crippen LogP contribution in [0.2, 0.25) is 0 Å². The molecule has 0 unspecified atom stereocenters. The molecule has 0 saturated heterocycles. The monoisotopic (exact) mass is 214 g/mol. The molecule has 78 valence electrons. The number of rotatable bonds is 5. The van der Waals surface area contributed by atoms with Crippen LogP contribution in [0.3, 0.4) is 0 Å². The highest BCUT2D eigenvalue weighted by molar-refractivity contribution is 7.89. The molecular formula is C9H14N2O2S. The average Bonchev–Trinajstić information content (AvgIpc) is 2.95. The number of sulfonamides is 1. The molecule has 0 aromatic heterocycles. The molecule has 0 aromatic rings. The van der Waals surface area contributed by atoms with Gasteiger partial charge >= 0.3 is 0 Å². The first-order valence-corrected chi connectivity index (χ1v) is 6.61. The van der Waals surface area contributed by atoms with Crippen molar-refractivity contribution in [2.75, 3.05) is 12.3 Å². The number of hydrogen-bond donors (Lipinski definition) is 0. The maximum Gasteiger partial charge on any atom is 0.227 e. The minimum absolute atomic E-state index is 0.203. The Morgan fingerprint density at radius 2 is 1.93 bits per heavy atom. The molecular weight excluding hydrogens is 200 g/mol. The molecule has 2 aliphatic rings. The molecule has 0 aromatic carbocycles. The van der Waals surface area contributed by atoms with E-state index in [0.717, 1.165) is 25.7 Å². The third-order valence-corrected chi connectivity index (χ3v) is 4.35. The van der Waals surface area contributed by atoms with Gasteiger partial charge in [0.2, 0.25) is 10.0 Å². The van der Waals surface area contributed by atoms with Crippen molar-refractivity contribution in [3.05, 3.63) is 0 Å². The van der Waals surface area contributed by atoms with E-state index in [-0.39, 0.29) is 11.8 Å². The van der Waals surface area contributed by atoms with E-state index in [9.17, 15) is 8.42 Å². The fourth-order valence-electron chi connectivity index (χ4n) is 1.57. The zero-order valence-electron chi connectivity index (χ0n) is 8.02. The summed E-state index contributed by atoms with van der Waals surface area (Å²) in [6, 6.07) is 1.94. The van der Waals surface area contributed by atoms with Gasteiger partial charge in [0.15, 0.2) is 5.75 Å². The molecule has 0 heterocycles. The second-order valence-corrected chi connectivity index (χ2v) is 6.08. The summed E-state index contributed by atoms with van der Waals surface area (Å²) in [6.07, 6.45) is 4.23. The van der Waals surface area contributed by atoms with Gasteiger partial charge in [-0.1, -0.05) is 0 Å². The predicted octanol–water partition coefficient (Wildman–Crippen LogP) is 0.714. The Balaban J connectivity index is 2.04. The number of nitriles is 1. The Morgan fingerprint density at radius 1 is 1.29 bits per heavy atom. The summed E-state index contributed by atoms with van der Waals surface area (Å²) >= 11 is 0. The highest BCUT2D eigenvalue weighted by Gasteiger charge is 2.40. The molecule has 4 nitrogen and oxygen atoms in total. The molecule has 2 aliphatic carbocycles. The summed E-state index contributed by atoms with van der Waals surface area (Å²) in [5.41, 5.74) is 0. The van der Waals surface area contributed by atoms with Gasteiger partial charge in [-0.25, -0.2) is 8.42 Å². The topological polar surface area (TPSA) is 61.2 Å². The molecule has 0 amide bonds. The molecule has 14 heavy (non-hydrogen) atoms. The smallest absolute Gasteiger partial charge is 0.211 e. The Kier molecular flexibility index (Phi) is 2.50. The zero-order chi connectivity index (χ0) is 10.2. The summed E-state index contributed by atoms with van der Waals surface area (Å²) in [7, 11) is -3.29. The summed E-state index contributed by atoms with van der Waals surface area (Å²) in [5.74, 6) is 0.194. The molecule has 2 saturated carbocycles. The second-order valence-electron chi connectivity index (χ2n) is 4.16. The van der Waals surface area contributed by atoms with Crippen LogP contribution >= 0.6 is 0 Å². The van der Waals surface area contributed by atoms with E-state index < -0.39 is 10.0 Å². The van der Waals surface area contributed by atoms with E-state index in [0.29, 0.717) is 12.5 Å². The third kappa shape index (κ3) is 2.25. The van der Waals surface area contributed by atoms with Crippen LogP contribution in [0.25, 0.3) is 0 Å². The molecule has 0 N–H and O–H groups in total. The van der Waals surface area contributed by atoms with E-state index in [2.05, 4.69) is 0 Å². The minimum Gasteiger partial charge on any atom is -0.211 e. The van der Waals surface area contributed by atoms with Crippen LogP contribution in [-0.4, -0.2) is 31.1 Å². The highest BCUT2D eigenvalue weighted by atomic mass is 32.2. The molecule has 2 rings (SSSR count). The van der Waals surface area contributed by atoms with E-state index in [1.807, 2.05) is 0 Å². The lowest BCUT2D eigenvalue weighted by atomic mass is 10.4. The van der Waals surface area contributed by atoms with Gasteiger partial charge in [0.25, 0.3) is 0 Å². The van der Waals surface area contributed by atoms with Crippen molar-refractivity contribution in [3.63, 3.8) is 0 Å². The summed E-state index contributed by atoms with van der Waals surface area (Å²) in [4.78, 5) is 0. The first kappa shape index (κ1) is 9.94. The van der Waals surface area contributed by atoms with Crippen molar-refractivity contribution in [2.24, 2.45) is 5.92 Å². The van der Waals surface area contributed by atoms with Crippen LogP contribution in [0.15, 0.2) is 0 Å². The summed E-state index contributed by atoms with van der Waals surface area (Å²) in [5, 5.41) is 8.45. The van der Waals surface area contributed by atoms with Crippen LogP contribution in [0.4, 0.5) is 0 Å². The van der Waals surface area contributed by atoms with Gasteiger partial charge in [-0.15, -0.1) is 0 Å². The minimum atomic E-state index is -3.29. The fraction of sp³-hybridized carbons (Fsp3) is 0.889. The van der Waals surface area contributed by atoms with E-state index in [1.54, 1.807) is 10.4 Å². The normalized spacial score (nSPS) is 22.3. The number of nitrogens with zero attached hydrogens (tertiary/aromatic N) is 2. The van der Waals surface area contributed by atoms with Crippen LogP contribution < -0.4 is 0 Å². The SMILES string of the molecule is N#CCS(=O)(=O)N(CC1CC1)C1CC1. The molecule has 0 atom stereocenters. The van der Waals surface area contributed by atoms with Crippen LogP contribution in [0.5, 0.6) is 0 Å². The molecule has 2 fully saturated rings. The Bertz CT molecular complexity index is 349. The van der Waals surface area contributed by atoms with Crippen molar-refractivity contribution in [1.82, 2.24) is 4.31 Å². The highest BCUT2D eigenvalue weighted by Crippen LogP contribution is 2.36. The van der Waals surface area contributed by atoms with Gasteiger partial charge < -0.3 is 0 Å². The van der Waals surface area contributed by atoms with Crippen molar-refractivity contribution in [2.45, 2.75) is 31.7 Å². The second kappa shape index (κ2) is 3.52. The van der Waals surface area contributed by atoms with Gasteiger partial charge in [-0.2, -0.15) is 9.57 Å². The maximum atomic E-state index is 11.7. The third-order valence-electron chi connectivity index (χ3n) is 2.69. The van der Waals surface area contributed by atoms with Crippen LogP contribution in [0.1, 0.15) is 25.7 Å². The van der Waals surface area contributed by atoms with Gasteiger partial charge in [-0.3, -0.25) is 0 Å². The van der Waals surface area contributed by atoms with Gasteiger partial charge in [0, 0.05) is 12.6 Å². The summed E-state index contributed by atoms with van der Waals surface area (Å²) in [6.45, 7) is 0.648.